The van der Waals surface area contributed by atoms with Crippen LogP contribution in [0.5, 0.6) is 0 Å². The molecular weight excluding hydrogens is 209 g/mol. The number of benzene rings is 1. The second-order valence-electron chi connectivity index (χ2n) is 2.80. The van der Waals surface area contributed by atoms with Crippen molar-refractivity contribution < 1.29 is 9.31 Å². The fraction of sp³-hybridized carbons (Fsp3) is 0.111. The zero-order chi connectivity index (χ0) is 10.9. The summed E-state index contributed by atoms with van der Waals surface area (Å²) in [5.74, 6) is -1.02. The lowest BCUT2D eigenvalue weighted by Gasteiger charge is -2.03. The molecule has 0 fully saturated rings. The average Bonchev–Trinajstić information content (AvgIpc) is 2.08. The first-order chi connectivity index (χ1) is 6.45. The molecule has 1 aromatic rings. The van der Waals surface area contributed by atoms with Crippen molar-refractivity contribution in [3.8, 4) is 0 Å². The van der Waals surface area contributed by atoms with Crippen LogP contribution in [0.4, 0.5) is 10.1 Å². The van der Waals surface area contributed by atoms with Gasteiger partial charge in [0.15, 0.2) is 0 Å². The molecule has 0 aliphatic heterocycles. The van der Waals surface area contributed by atoms with Crippen LogP contribution in [0, 0.1) is 15.9 Å². The molecule has 0 radical (unpaired) electrons. The second kappa shape index (κ2) is 3.75. The number of halogens is 2. The highest BCUT2D eigenvalue weighted by molar-refractivity contribution is 6.32. The SMILES string of the molecule is C=C(C)c1ccc([N+](=O)[O-])c(F)c1Cl. The Morgan fingerprint density at radius 3 is 2.64 bits per heavy atom. The Bertz CT molecular complexity index is 379. The van der Waals surface area contributed by atoms with Crippen LogP contribution in [0.1, 0.15) is 12.5 Å². The Morgan fingerprint density at radius 1 is 1.64 bits per heavy atom. The summed E-state index contributed by atoms with van der Waals surface area (Å²) in [7, 11) is 0. The van der Waals surface area contributed by atoms with Gasteiger partial charge >= 0.3 is 5.69 Å². The monoisotopic (exact) mass is 215 g/mol. The van der Waals surface area contributed by atoms with Crippen molar-refractivity contribution in [1.82, 2.24) is 0 Å². The second-order valence-corrected chi connectivity index (χ2v) is 3.18. The van der Waals surface area contributed by atoms with Gasteiger partial charge in [-0.1, -0.05) is 18.2 Å². The van der Waals surface area contributed by atoms with Crippen LogP contribution in [0.25, 0.3) is 5.57 Å². The molecule has 1 rings (SSSR count). The Kier molecular flexibility index (Phi) is 2.86. The van der Waals surface area contributed by atoms with Gasteiger partial charge in [-0.15, -0.1) is 0 Å². The van der Waals surface area contributed by atoms with Gasteiger partial charge in [0.25, 0.3) is 0 Å². The third-order valence-corrected chi connectivity index (χ3v) is 2.09. The molecule has 0 bridgehead atoms. The molecule has 74 valence electrons. The van der Waals surface area contributed by atoms with Gasteiger partial charge in [0.1, 0.15) is 0 Å². The van der Waals surface area contributed by atoms with Gasteiger partial charge in [0.2, 0.25) is 5.82 Å². The van der Waals surface area contributed by atoms with Crippen LogP contribution in [0.15, 0.2) is 18.7 Å². The van der Waals surface area contributed by atoms with Gasteiger partial charge in [0, 0.05) is 6.07 Å². The van der Waals surface area contributed by atoms with E-state index in [1.54, 1.807) is 6.92 Å². The molecule has 5 heteroatoms. The van der Waals surface area contributed by atoms with Crippen molar-refractivity contribution in [1.29, 1.82) is 0 Å². The molecule has 0 heterocycles. The molecule has 0 saturated heterocycles. The summed E-state index contributed by atoms with van der Waals surface area (Å²) in [6, 6.07) is 2.46. The predicted molar refractivity (Wildman–Crippen MR) is 52.8 cm³/mol. The molecule has 14 heavy (non-hydrogen) atoms. The normalized spacial score (nSPS) is 9.93. The van der Waals surface area contributed by atoms with Crippen LogP contribution in [-0.2, 0) is 0 Å². The van der Waals surface area contributed by atoms with E-state index in [1.165, 1.54) is 6.07 Å². The Hall–Kier alpha value is -1.42. The third kappa shape index (κ3) is 1.75. The first kappa shape index (κ1) is 10.7. The number of nitro benzene ring substituents is 1. The predicted octanol–water partition coefficient (Wildman–Crippen LogP) is 3.42. The molecule has 0 atom stereocenters. The summed E-state index contributed by atoms with van der Waals surface area (Å²) < 4.78 is 13.3. The van der Waals surface area contributed by atoms with Crippen molar-refractivity contribution in [3.05, 3.63) is 45.2 Å². The smallest absolute Gasteiger partial charge is 0.258 e. The Labute approximate surface area is 85.0 Å². The number of rotatable bonds is 2. The molecule has 0 aliphatic carbocycles. The maximum absolute atomic E-state index is 13.3. The molecule has 0 aromatic heterocycles. The summed E-state index contributed by atoms with van der Waals surface area (Å²) in [6.45, 7) is 5.23. The van der Waals surface area contributed by atoms with E-state index >= 15 is 0 Å². The quantitative estimate of drug-likeness (QED) is 0.560. The lowest BCUT2D eigenvalue weighted by molar-refractivity contribution is -0.387. The van der Waals surface area contributed by atoms with Crippen LogP contribution >= 0.6 is 11.6 Å². The summed E-state index contributed by atoms with van der Waals surface area (Å²) in [5, 5.41) is 10.1. The minimum Gasteiger partial charge on any atom is -0.258 e. The van der Waals surface area contributed by atoms with Gasteiger partial charge in [-0.3, -0.25) is 10.1 Å². The van der Waals surface area contributed by atoms with E-state index in [2.05, 4.69) is 6.58 Å². The van der Waals surface area contributed by atoms with Crippen LogP contribution in [-0.4, -0.2) is 4.92 Å². The summed E-state index contributed by atoms with van der Waals surface area (Å²) in [5.41, 5.74) is 0.318. The molecule has 3 nitrogen and oxygen atoms in total. The zero-order valence-corrected chi connectivity index (χ0v) is 8.14. The van der Waals surface area contributed by atoms with Crippen molar-refractivity contribution in [2.45, 2.75) is 6.92 Å². The van der Waals surface area contributed by atoms with E-state index in [1.807, 2.05) is 0 Å². The Balaban J connectivity index is 3.41. The third-order valence-electron chi connectivity index (χ3n) is 1.72. The van der Waals surface area contributed by atoms with Gasteiger partial charge < -0.3 is 0 Å². The summed E-state index contributed by atoms with van der Waals surface area (Å²) in [6.07, 6.45) is 0. The van der Waals surface area contributed by atoms with E-state index in [0.717, 1.165) is 6.07 Å². The maximum atomic E-state index is 13.3. The molecule has 0 N–H and O–H groups in total. The first-order valence-electron chi connectivity index (χ1n) is 3.73. The van der Waals surface area contributed by atoms with Crippen molar-refractivity contribution in [2.24, 2.45) is 0 Å². The number of nitro groups is 1. The van der Waals surface area contributed by atoms with Gasteiger partial charge in [0.05, 0.1) is 9.95 Å². The minimum absolute atomic E-state index is 0.258. The number of nitrogens with zero attached hydrogens (tertiary/aromatic N) is 1. The zero-order valence-electron chi connectivity index (χ0n) is 7.38. The van der Waals surface area contributed by atoms with Gasteiger partial charge in [-0.05, 0) is 24.1 Å². The van der Waals surface area contributed by atoms with E-state index in [-0.39, 0.29) is 5.02 Å². The highest BCUT2D eigenvalue weighted by atomic mass is 35.5. The number of hydrogen-bond donors (Lipinski definition) is 0. The highest BCUT2D eigenvalue weighted by Gasteiger charge is 2.19. The van der Waals surface area contributed by atoms with E-state index < -0.39 is 16.4 Å². The van der Waals surface area contributed by atoms with Gasteiger partial charge in [-0.25, -0.2) is 0 Å². The fourth-order valence-corrected chi connectivity index (χ4v) is 1.33. The summed E-state index contributed by atoms with van der Waals surface area (Å²) in [4.78, 5) is 9.52. The van der Waals surface area contributed by atoms with Crippen LogP contribution < -0.4 is 0 Å². The molecule has 0 saturated carbocycles. The molecule has 0 amide bonds. The van der Waals surface area contributed by atoms with E-state index in [0.29, 0.717) is 11.1 Å². The maximum Gasteiger partial charge on any atom is 0.306 e. The molecular formula is C9H7ClFNO2. The standard InChI is InChI=1S/C9H7ClFNO2/c1-5(2)6-3-4-7(12(13)14)9(11)8(6)10/h3-4H,1H2,2H3. The molecule has 0 aliphatic rings. The van der Waals surface area contributed by atoms with E-state index in [4.69, 9.17) is 11.6 Å². The lowest BCUT2D eigenvalue weighted by Crippen LogP contribution is -1.95. The minimum atomic E-state index is -1.02. The topological polar surface area (TPSA) is 43.1 Å². The number of allylic oxidation sites excluding steroid dienone is 1. The lowest BCUT2D eigenvalue weighted by atomic mass is 10.1. The first-order valence-corrected chi connectivity index (χ1v) is 4.11. The van der Waals surface area contributed by atoms with Crippen molar-refractivity contribution in [2.75, 3.05) is 0 Å². The van der Waals surface area contributed by atoms with Crippen molar-refractivity contribution in [3.63, 3.8) is 0 Å². The highest BCUT2D eigenvalue weighted by Crippen LogP contribution is 2.31. The molecule has 1 aromatic carbocycles. The van der Waals surface area contributed by atoms with Crippen LogP contribution in [0.3, 0.4) is 0 Å². The summed E-state index contributed by atoms with van der Waals surface area (Å²) >= 11 is 5.60. The van der Waals surface area contributed by atoms with Crippen molar-refractivity contribution >= 4 is 22.9 Å². The average molecular weight is 216 g/mol. The fourth-order valence-electron chi connectivity index (χ4n) is 1.01. The molecule has 0 unspecified atom stereocenters. The van der Waals surface area contributed by atoms with E-state index in [9.17, 15) is 14.5 Å². The number of hydrogen-bond acceptors (Lipinski definition) is 2. The van der Waals surface area contributed by atoms with Crippen LogP contribution in [0.2, 0.25) is 5.02 Å². The van der Waals surface area contributed by atoms with Gasteiger partial charge in [-0.2, -0.15) is 4.39 Å². The molecule has 0 spiro atoms. The largest absolute Gasteiger partial charge is 0.306 e. The Morgan fingerprint density at radius 2 is 2.21 bits per heavy atom.